The molecule has 2 aromatic rings. The van der Waals surface area contributed by atoms with Crippen LogP contribution in [-0.2, 0) is 13.1 Å². The van der Waals surface area contributed by atoms with Crippen LogP contribution in [0.25, 0.3) is 0 Å². The van der Waals surface area contributed by atoms with Gasteiger partial charge in [0, 0.05) is 29.2 Å². The molecule has 17 heavy (non-hydrogen) atoms. The van der Waals surface area contributed by atoms with Gasteiger partial charge in [0.15, 0.2) is 0 Å². The zero-order valence-corrected chi connectivity index (χ0v) is 11.0. The fourth-order valence-electron chi connectivity index (χ4n) is 1.64. The molecule has 3 nitrogen and oxygen atoms in total. The van der Waals surface area contributed by atoms with Crippen LogP contribution in [0.3, 0.4) is 0 Å². The minimum absolute atomic E-state index is 0.854. The first-order valence-corrected chi connectivity index (χ1v) is 6.84. The summed E-state index contributed by atoms with van der Waals surface area (Å²) in [6.45, 7) is 3.78. The predicted molar refractivity (Wildman–Crippen MR) is 72.1 cm³/mol. The first-order chi connectivity index (χ1) is 8.29. The number of H-pyrrole nitrogens is 1. The van der Waals surface area contributed by atoms with Gasteiger partial charge < -0.3 is 5.32 Å². The third kappa shape index (κ3) is 3.35. The van der Waals surface area contributed by atoms with Gasteiger partial charge in [-0.2, -0.15) is 5.10 Å². The summed E-state index contributed by atoms with van der Waals surface area (Å²) in [5.74, 6) is 0. The third-order valence-corrected chi connectivity index (χ3v) is 3.48. The SMILES string of the molecule is CSc1ccc(CNCc2cn[nH]c2C)cc1. The maximum atomic E-state index is 4.00. The van der Waals surface area contributed by atoms with Crippen molar-refractivity contribution in [2.24, 2.45) is 0 Å². The van der Waals surface area contributed by atoms with Gasteiger partial charge in [0.1, 0.15) is 0 Å². The van der Waals surface area contributed by atoms with Gasteiger partial charge in [-0.3, -0.25) is 5.10 Å². The van der Waals surface area contributed by atoms with Crippen LogP contribution >= 0.6 is 11.8 Å². The largest absolute Gasteiger partial charge is 0.308 e. The molecule has 1 aromatic carbocycles. The molecular formula is C13H17N3S. The Labute approximate surface area is 106 Å². The first kappa shape index (κ1) is 12.2. The summed E-state index contributed by atoms with van der Waals surface area (Å²) in [7, 11) is 0. The standard InChI is InChI=1S/C13H17N3S/c1-10-12(9-15-16-10)8-14-7-11-3-5-13(17-2)6-4-11/h3-6,9,14H,7-8H2,1-2H3,(H,15,16). The van der Waals surface area contributed by atoms with Crippen molar-refractivity contribution < 1.29 is 0 Å². The van der Waals surface area contributed by atoms with Crippen LogP contribution in [0.15, 0.2) is 35.4 Å². The van der Waals surface area contributed by atoms with Gasteiger partial charge in [-0.25, -0.2) is 0 Å². The third-order valence-electron chi connectivity index (χ3n) is 2.74. The minimum Gasteiger partial charge on any atom is -0.308 e. The van der Waals surface area contributed by atoms with Crippen LogP contribution in [0, 0.1) is 6.92 Å². The van der Waals surface area contributed by atoms with E-state index < -0.39 is 0 Å². The van der Waals surface area contributed by atoms with E-state index in [1.807, 2.05) is 13.1 Å². The van der Waals surface area contributed by atoms with E-state index in [0.717, 1.165) is 18.8 Å². The number of thioether (sulfide) groups is 1. The molecule has 0 fully saturated rings. The second-order valence-electron chi connectivity index (χ2n) is 3.97. The number of hydrogen-bond donors (Lipinski definition) is 2. The van der Waals surface area contributed by atoms with E-state index in [-0.39, 0.29) is 0 Å². The molecule has 0 aliphatic heterocycles. The Kier molecular flexibility index (Phi) is 4.23. The summed E-state index contributed by atoms with van der Waals surface area (Å²) >= 11 is 1.77. The maximum absolute atomic E-state index is 4.00. The van der Waals surface area contributed by atoms with Crippen molar-refractivity contribution in [2.45, 2.75) is 24.9 Å². The van der Waals surface area contributed by atoms with Crippen molar-refractivity contribution in [1.82, 2.24) is 15.5 Å². The number of aromatic nitrogens is 2. The summed E-state index contributed by atoms with van der Waals surface area (Å²) in [4.78, 5) is 1.31. The Balaban J connectivity index is 1.83. The molecule has 0 aliphatic rings. The molecular weight excluding hydrogens is 230 g/mol. The first-order valence-electron chi connectivity index (χ1n) is 5.62. The number of benzene rings is 1. The van der Waals surface area contributed by atoms with E-state index in [1.54, 1.807) is 11.8 Å². The van der Waals surface area contributed by atoms with Crippen molar-refractivity contribution >= 4 is 11.8 Å². The molecule has 1 aromatic heterocycles. The van der Waals surface area contributed by atoms with Crippen LogP contribution in [0.4, 0.5) is 0 Å². The van der Waals surface area contributed by atoms with E-state index in [0.29, 0.717) is 0 Å². The van der Waals surface area contributed by atoms with E-state index in [1.165, 1.54) is 16.0 Å². The topological polar surface area (TPSA) is 40.7 Å². The molecule has 0 saturated carbocycles. The average molecular weight is 247 g/mol. The lowest BCUT2D eigenvalue weighted by Crippen LogP contribution is -2.12. The van der Waals surface area contributed by atoms with Crippen LogP contribution in [0.5, 0.6) is 0 Å². The highest BCUT2D eigenvalue weighted by molar-refractivity contribution is 7.98. The van der Waals surface area contributed by atoms with Gasteiger partial charge in [0.25, 0.3) is 0 Å². The minimum atomic E-state index is 0.854. The Morgan fingerprint density at radius 3 is 2.59 bits per heavy atom. The Hall–Kier alpha value is -1.26. The molecule has 2 rings (SSSR count). The van der Waals surface area contributed by atoms with Crippen molar-refractivity contribution in [3.05, 3.63) is 47.3 Å². The monoisotopic (exact) mass is 247 g/mol. The summed E-state index contributed by atoms with van der Waals surface area (Å²) in [6.07, 6.45) is 3.97. The second-order valence-corrected chi connectivity index (χ2v) is 4.85. The van der Waals surface area contributed by atoms with Crippen molar-refractivity contribution in [1.29, 1.82) is 0 Å². The van der Waals surface area contributed by atoms with Gasteiger partial charge in [-0.15, -0.1) is 11.8 Å². The number of hydrogen-bond acceptors (Lipinski definition) is 3. The molecule has 0 unspecified atom stereocenters. The molecule has 0 bridgehead atoms. The molecule has 0 saturated heterocycles. The molecule has 0 spiro atoms. The Morgan fingerprint density at radius 1 is 1.24 bits per heavy atom. The van der Waals surface area contributed by atoms with Crippen LogP contribution in [0.2, 0.25) is 0 Å². The molecule has 0 radical (unpaired) electrons. The number of nitrogens with zero attached hydrogens (tertiary/aromatic N) is 1. The Bertz CT molecular complexity index is 462. The average Bonchev–Trinajstić information content (AvgIpc) is 2.76. The van der Waals surface area contributed by atoms with Gasteiger partial charge in [-0.1, -0.05) is 12.1 Å². The molecule has 0 amide bonds. The summed E-state index contributed by atoms with van der Waals surface area (Å²) in [6, 6.07) is 8.65. The van der Waals surface area contributed by atoms with E-state index >= 15 is 0 Å². The maximum Gasteiger partial charge on any atom is 0.0535 e. The summed E-state index contributed by atoms with van der Waals surface area (Å²) < 4.78 is 0. The van der Waals surface area contributed by atoms with Crippen LogP contribution < -0.4 is 5.32 Å². The normalized spacial score (nSPS) is 10.7. The highest BCUT2D eigenvalue weighted by atomic mass is 32.2. The lowest BCUT2D eigenvalue weighted by molar-refractivity contribution is 0.690. The quantitative estimate of drug-likeness (QED) is 0.798. The fourth-order valence-corrected chi connectivity index (χ4v) is 2.05. The fraction of sp³-hybridized carbons (Fsp3) is 0.308. The van der Waals surface area contributed by atoms with E-state index in [2.05, 4.69) is 46.0 Å². The van der Waals surface area contributed by atoms with Gasteiger partial charge in [0.2, 0.25) is 0 Å². The number of rotatable bonds is 5. The summed E-state index contributed by atoms with van der Waals surface area (Å²) in [5, 5.41) is 10.4. The van der Waals surface area contributed by atoms with Crippen molar-refractivity contribution in [3.8, 4) is 0 Å². The molecule has 4 heteroatoms. The van der Waals surface area contributed by atoms with Crippen molar-refractivity contribution in [3.63, 3.8) is 0 Å². The number of aromatic amines is 1. The zero-order chi connectivity index (χ0) is 12.1. The lowest BCUT2D eigenvalue weighted by Gasteiger charge is -2.05. The number of nitrogens with one attached hydrogen (secondary N) is 2. The smallest absolute Gasteiger partial charge is 0.0535 e. The van der Waals surface area contributed by atoms with E-state index in [4.69, 9.17) is 0 Å². The molecule has 0 aliphatic carbocycles. The van der Waals surface area contributed by atoms with Gasteiger partial charge in [0.05, 0.1) is 6.20 Å². The highest BCUT2D eigenvalue weighted by Crippen LogP contribution is 2.14. The predicted octanol–water partition coefficient (Wildman–Crippen LogP) is 2.73. The molecule has 1 heterocycles. The highest BCUT2D eigenvalue weighted by Gasteiger charge is 1.99. The summed E-state index contributed by atoms with van der Waals surface area (Å²) in [5.41, 5.74) is 3.67. The van der Waals surface area contributed by atoms with Crippen molar-refractivity contribution in [2.75, 3.05) is 6.26 Å². The molecule has 2 N–H and O–H groups in total. The molecule has 0 atom stereocenters. The second kappa shape index (κ2) is 5.89. The van der Waals surface area contributed by atoms with Crippen LogP contribution in [-0.4, -0.2) is 16.5 Å². The Morgan fingerprint density at radius 2 is 2.00 bits per heavy atom. The van der Waals surface area contributed by atoms with Crippen LogP contribution in [0.1, 0.15) is 16.8 Å². The van der Waals surface area contributed by atoms with E-state index in [9.17, 15) is 0 Å². The van der Waals surface area contributed by atoms with Gasteiger partial charge >= 0.3 is 0 Å². The molecule has 90 valence electrons. The lowest BCUT2D eigenvalue weighted by atomic mass is 10.2. The number of aryl methyl sites for hydroxylation is 1. The van der Waals surface area contributed by atoms with Gasteiger partial charge in [-0.05, 0) is 30.9 Å². The zero-order valence-electron chi connectivity index (χ0n) is 10.2.